The Kier molecular flexibility index (Phi) is 3.98. The molecule has 2 aliphatic heterocycles. The smallest absolute Gasteiger partial charge is 0.194 e. The number of fused-ring (bicyclic) bond motifs is 1. The van der Waals surface area contributed by atoms with E-state index in [1.165, 1.54) is 11.1 Å². The number of nitrogens with zero attached hydrogens (tertiary/aromatic N) is 2. The first kappa shape index (κ1) is 20.0. The summed E-state index contributed by atoms with van der Waals surface area (Å²) in [6.45, 7) is 5.56. The molecule has 5 atom stereocenters. The number of hydrogen-bond acceptors (Lipinski definition) is 5. The lowest BCUT2D eigenvalue weighted by Crippen LogP contribution is -2.76. The van der Waals surface area contributed by atoms with Crippen molar-refractivity contribution in [1.82, 2.24) is 9.47 Å². The Morgan fingerprint density at radius 3 is 2.82 bits per heavy atom. The van der Waals surface area contributed by atoms with E-state index in [0.29, 0.717) is 18.1 Å². The number of likely N-dealkylation sites (tertiary alicyclic amines) is 1. The molecule has 2 fully saturated rings. The van der Waals surface area contributed by atoms with Gasteiger partial charge in [0.05, 0.1) is 17.1 Å². The van der Waals surface area contributed by atoms with Gasteiger partial charge in [-0.3, -0.25) is 4.90 Å². The number of rotatable bonds is 3. The fraction of sp³-hybridized carbons (Fsp3) is 0.556. The molecule has 174 valence electrons. The summed E-state index contributed by atoms with van der Waals surface area (Å²) in [6, 6.07) is 3.66. The number of aliphatic hydroxyl groups is 1. The standard InChI is InChI=1S/C27H32N2O4/c1-2-12-28-13-11-26-22-16-7-8-20(30)23(22)33-24(26)19(9-10-27(26,32)21(28)14-16)29-15-17-5-3-4-6-18(17)25(29)31/h2,7-8,15,19,21,24,30-32H,1,3-6,9-14H2/t19-,21+,24-,26-,27+/m0/s1. The minimum Gasteiger partial charge on any atom is -0.504 e. The van der Waals surface area contributed by atoms with Crippen LogP contribution in [-0.4, -0.2) is 55.6 Å². The average Bonchev–Trinajstić information content (AvgIpc) is 3.33. The predicted molar refractivity (Wildman–Crippen MR) is 124 cm³/mol. The molecule has 0 amide bonds. The summed E-state index contributed by atoms with van der Waals surface area (Å²) >= 11 is 0. The number of aromatic nitrogens is 1. The first-order valence-electron chi connectivity index (χ1n) is 12.5. The van der Waals surface area contributed by atoms with E-state index >= 15 is 0 Å². The molecule has 6 heteroatoms. The van der Waals surface area contributed by atoms with Crippen LogP contribution >= 0.6 is 0 Å². The molecule has 3 aliphatic carbocycles. The van der Waals surface area contributed by atoms with Crippen molar-refractivity contribution in [3.63, 3.8) is 0 Å². The van der Waals surface area contributed by atoms with Crippen LogP contribution in [0.15, 0.2) is 31.0 Å². The minimum atomic E-state index is -0.941. The summed E-state index contributed by atoms with van der Waals surface area (Å²) in [5.41, 5.74) is 3.00. The summed E-state index contributed by atoms with van der Waals surface area (Å²) < 4.78 is 8.68. The molecule has 3 heterocycles. The summed E-state index contributed by atoms with van der Waals surface area (Å²) in [7, 11) is 0. The molecule has 7 rings (SSSR count). The number of phenolic OH excluding ortho intramolecular Hbond substituents is 1. The molecule has 2 bridgehead atoms. The lowest BCUT2D eigenvalue weighted by atomic mass is 9.48. The Morgan fingerprint density at radius 1 is 1.15 bits per heavy atom. The molecule has 2 aromatic rings. The third-order valence-electron chi connectivity index (χ3n) is 9.58. The quantitative estimate of drug-likeness (QED) is 0.628. The number of hydrogen-bond donors (Lipinski definition) is 3. The molecule has 33 heavy (non-hydrogen) atoms. The second-order valence-corrected chi connectivity index (χ2v) is 10.8. The third-order valence-corrected chi connectivity index (χ3v) is 9.58. The fourth-order valence-electron chi connectivity index (χ4n) is 8.24. The normalized spacial score (nSPS) is 36.1. The lowest BCUT2D eigenvalue weighted by Gasteiger charge is -2.64. The highest BCUT2D eigenvalue weighted by Crippen LogP contribution is 2.67. The summed E-state index contributed by atoms with van der Waals surface area (Å²) in [4.78, 5) is 2.37. The van der Waals surface area contributed by atoms with Gasteiger partial charge in [0.15, 0.2) is 17.4 Å². The lowest BCUT2D eigenvalue weighted by molar-refractivity contribution is -0.193. The average molecular weight is 449 g/mol. The Labute approximate surface area is 194 Å². The molecular weight excluding hydrogens is 416 g/mol. The molecule has 1 spiro atoms. The van der Waals surface area contributed by atoms with E-state index in [0.717, 1.165) is 69.2 Å². The highest BCUT2D eigenvalue weighted by atomic mass is 16.5. The highest BCUT2D eigenvalue weighted by Gasteiger charge is 2.73. The molecule has 3 N–H and O–H groups in total. The maximum absolute atomic E-state index is 12.5. The molecule has 1 saturated carbocycles. The summed E-state index contributed by atoms with van der Waals surface area (Å²) in [6.07, 6.45) is 10.8. The Hall–Kier alpha value is -2.44. The second kappa shape index (κ2) is 6.57. The van der Waals surface area contributed by atoms with Crippen LogP contribution in [-0.2, 0) is 24.7 Å². The van der Waals surface area contributed by atoms with Crippen molar-refractivity contribution in [3.8, 4) is 17.4 Å². The van der Waals surface area contributed by atoms with E-state index in [1.807, 2.05) is 16.7 Å². The van der Waals surface area contributed by atoms with E-state index in [9.17, 15) is 15.3 Å². The monoisotopic (exact) mass is 448 g/mol. The number of piperidine rings is 1. The molecule has 1 saturated heterocycles. The van der Waals surface area contributed by atoms with Crippen molar-refractivity contribution in [2.75, 3.05) is 13.1 Å². The summed E-state index contributed by atoms with van der Waals surface area (Å²) in [5.74, 6) is 1.08. The Bertz CT molecular complexity index is 1170. The SMILES string of the molecule is C=CCN1CC[C@]23c4c5ccc(O)c4O[C@H]2[C@@H](n2cc4c(c2O)CCCC4)CC[C@@]3(O)[C@H]1C5. The van der Waals surface area contributed by atoms with Crippen LogP contribution in [0.2, 0.25) is 0 Å². The number of aryl methyl sites for hydroxylation is 1. The second-order valence-electron chi connectivity index (χ2n) is 10.8. The Morgan fingerprint density at radius 2 is 2.00 bits per heavy atom. The summed E-state index contributed by atoms with van der Waals surface area (Å²) in [5, 5.41) is 34.5. The van der Waals surface area contributed by atoms with Gasteiger partial charge in [0.1, 0.15) is 6.10 Å². The van der Waals surface area contributed by atoms with Crippen LogP contribution in [0.25, 0.3) is 0 Å². The predicted octanol–water partition coefficient (Wildman–Crippen LogP) is 3.36. The van der Waals surface area contributed by atoms with Crippen LogP contribution in [0.5, 0.6) is 17.4 Å². The zero-order valence-electron chi connectivity index (χ0n) is 19.0. The third kappa shape index (κ3) is 2.27. The van der Waals surface area contributed by atoms with Crippen LogP contribution in [0.4, 0.5) is 0 Å². The van der Waals surface area contributed by atoms with Crippen LogP contribution in [0.3, 0.4) is 0 Å². The van der Waals surface area contributed by atoms with E-state index in [4.69, 9.17) is 4.74 Å². The van der Waals surface area contributed by atoms with Crippen molar-refractivity contribution in [2.24, 2.45) is 0 Å². The maximum Gasteiger partial charge on any atom is 0.194 e. The van der Waals surface area contributed by atoms with Gasteiger partial charge in [-0.1, -0.05) is 12.1 Å². The van der Waals surface area contributed by atoms with E-state index < -0.39 is 11.0 Å². The molecule has 6 nitrogen and oxygen atoms in total. The molecule has 1 aromatic carbocycles. The van der Waals surface area contributed by atoms with Gasteiger partial charge >= 0.3 is 0 Å². The van der Waals surface area contributed by atoms with Crippen molar-refractivity contribution in [1.29, 1.82) is 0 Å². The van der Waals surface area contributed by atoms with Gasteiger partial charge in [0.25, 0.3) is 0 Å². The van der Waals surface area contributed by atoms with Gasteiger partial charge in [-0.05, 0) is 75.1 Å². The zero-order chi connectivity index (χ0) is 22.5. The van der Waals surface area contributed by atoms with Crippen LogP contribution in [0, 0.1) is 0 Å². The van der Waals surface area contributed by atoms with Gasteiger partial charge < -0.3 is 24.6 Å². The topological polar surface area (TPSA) is 78.1 Å². The van der Waals surface area contributed by atoms with E-state index in [1.54, 1.807) is 6.07 Å². The Balaban J connectivity index is 1.42. The van der Waals surface area contributed by atoms with Gasteiger partial charge in [-0.25, -0.2) is 0 Å². The largest absolute Gasteiger partial charge is 0.504 e. The molecular formula is C27H32N2O4. The molecule has 1 aromatic heterocycles. The zero-order valence-corrected chi connectivity index (χ0v) is 19.0. The molecule has 5 aliphatic rings. The van der Waals surface area contributed by atoms with Gasteiger partial charge in [-0.2, -0.15) is 0 Å². The number of phenols is 1. The van der Waals surface area contributed by atoms with Gasteiger partial charge in [0.2, 0.25) is 0 Å². The van der Waals surface area contributed by atoms with Gasteiger partial charge in [-0.15, -0.1) is 6.58 Å². The number of aromatic hydroxyl groups is 2. The van der Waals surface area contributed by atoms with E-state index in [2.05, 4.69) is 17.7 Å². The maximum atomic E-state index is 12.5. The van der Waals surface area contributed by atoms with Crippen LogP contribution in [0.1, 0.15) is 60.4 Å². The first-order valence-corrected chi connectivity index (χ1v) is 12.5. The van der Waals surface area contributed by atoms with Crippen molar-refractivity contribution >= 4 is 0 Å². The first-order chi connectivity index (χ1) is 16.0. The molecule has 0 radical (unpaired) electrons. The molecule has 0 unspecified atom stereocenters. The van der Waals surface area contributed by atoms with Crippen molar-refractivity contribution in [2.45, 2.75) is 80.6 Å². The van der Waals surface area contributed by atoms with Crippen molar-refractivity contribution < 1.29 is 20.1 Å². The number of ether oxygens (including phenoxy) is 1. The number of benzene rings is 1. The highest BCUT2D eigenvalue weighted by molar-refractivity contribution is 5.62. The van der Waals surface area contributed by atoms with E-state index in [-0.39, 0.29) is 23.9 Å². The van der Waals surface area contributed by atoms with Crippen molar-refractivity contribution in [3.05, 3.63) is 53.2 Å². The minimum absolute atomic E-state index is 0.00856. The van der Waals surface area contributed by atoms with Gasteiger partial charge in [0, 0.05) is 29.9 Å². The van der Waals surface area contributed by atoms with Crippen LogP contribution < -0.4 is 4.74 Å². The fourth-order valence-corrected chi connectivity index (χ4v) is 8.24.